The number of hydrogen-bond acceptors (Lipinski definition) is 5. The van der Waals surface area contributed by atoms with Crippen molar-refractivity contribution in [2.75, 3.05) is 23.8 Å². The molecule has 0 unspecified atom stereocenters. The number of nitrogens with zero attached hydrogens (tertiary/aromatic N) is 1. The smallest absolute Gasteiger partial charge is 0.251 e. The third-order valence-electron chi connectivity index (χ3n) is 8.79. The molecule has 2 amide bonds. The lowest BCUT2D eigenvalue weighted by Gasteiger charge is -2.43. The number of anilines is 2. The highest BCUT2D eigenvalue weighted by atomic mass is 16.5. The minimum atomic E-state index is -1.43. The summed E-state index contributed by atoms with van der Waals surface area (Å²) in [6, 6.07) is 21.8. The molecule has 3 aromatic carbocycles. The van der Waals surface area contributed by atoms with Gasteiger partial charge >= 0.3 is 0 Å². The van der Waals surface area contributed by atoms with E-state index in [4.69, 9.17) is 4.74 Å². The predicted molar refractivity (Wildman–Crippen MR) is 143 cm³/mol. The molecule has 7 nitrogen and oxygen atoms in total. The van der Waals surface area contributed by atoms with E-state index >= 15 is 0 Å². The van der Waals surface area contributed by atoms with Gasteiger partial charge in [0.25, 0.3) is 5.91 Å². The molecular weight excluding hydrogens is 478 g/mol. The minimum Gasteiger partial charge on any atom is -0.490 e. The molecule has 2 fully saturated rings. The second-order valence-electron chi connectivity index (χ2n) is 10.4. The lowest BCUT2D eigenvalue weighted by atomic mass is 9.57. The van der Waals surface area contributed by atoms with Crippen molar-refractivity contribution in [2.45, 2.75) is 29.8 Å². The van der Waals surface area contributed by atoms with Crippen LogP contribution in [0, 0.1) is 5.92 Å². The van der Waals surface area contributed by atoms with Gasteiger partial charge in [-0.15, -0.1) is 0 Å². The highest BCUT2D eigenvalue weighted by Crippen LogP contribution is 2.67. The molecule has 2 saturated heterocycles. The van der Waals surface area contributed by atoms with Crippen LogP contribution in [0.4, 0.5) is 11.4 Å². The van der Waals surface area contributed by atoms with E-state index in [2.05, 4.69) is 22.1 Å². The average Bonchev–Trinajstić information content (AvgIpc) is 3.66. The molecule has 3 aromatic rings. The summed E-state index contributed by atoms with van der Waals surface area (Å²) in [4.78, 5) is 45.5. The van der Waals surface area contributed by atoms with E-state index in [1.165, 1.54) is 0 Å². The van der Waals surface area contributed by atoms with Crippen LogP contribution in [0.2, 0.25) is 0 Å². The monoisotopic (exact) mass is 505 g/mol. The summed E-state index contributed by atoms with van der Waals surface area (Å²) in [6.45, 7) is 4.67. The number of carbonyl (C=O) groups is 3. The lowest BCUT2D eigenvalue weighted by molar-refractivity contribution is -0.137. The zero-order valence-electron chi connectivity index (χ0n) is 20.8. The summed E-state index contributed by atoms with van der Waals surface area (Å²) in [5.41, 5.74) is 0.531. The number of carbonyl (C=O) groups excluding carboxylic acids is 3. The molecule has 4 heterocycles. The number of ketones is 1. The van der Waals surface area contributed by atoms with Gasteiger partial charge in [-0.3, -0.25) is 19.3 Å². The Bertz CT molecular complexity index is 1520. The van der Waals surface area contributed by atoms with Gasteiger partial charge in [-0.25, -0.2) is 0 Å². The van der Waals surface area contributed by atoms with E-state index in [0.29, 0.717) is 41.4 Å². The van der Waals surface area contributed by atoms with Gasteiger partial charge in [0.15, 0.2) is 5.78 Å². The van der Waals surface area contributed by atoms with Crippen LogP contribution < -0.4 is 15.4 Å². The maximum atomic E-state index is 14.6. The summed E-state index contributed by atoms with van der Waals surface area (Å²) in [7, 11) is 0. The Kier molecular flexibility index (Phi) is 4.91. The van der Waals surface area contributed by atoms with Gasteiger partial charge < -0.3 is 15.4 Å². The predicted octanol–water partition coefficient (Wildman–Crippen LogP) is 4.27. The van der Waals surface area contributed by atoms with Crippen LogP contribution >= 0.6 is 0 Å². The maximum Gasteiger partial charge on any atom is 0.251 e. The Morgan fingerprint density at radius 1 is 0.947 bits per heavy atom. The molecule has 2 N–H and O–H groups in total. The second kappa shape index (κ2) is 8.13. The SMILES string of the molecule is C=CCOc1ccc(C(=O)[C@H]2[C@H]3CCCN3[C@]3(C(=O)Nc4ccccc43)[C@]23C(=O)Nc2ccccc23)cc1. The molecule has 4 aliphatic heterocycles. The van der Waals surface area contributed by atoms with Crippen molar-refractivity contribution in [1.82, 2.24) is 4.90 Å². The third kappa shape index (κ3) is 2.64. The van der Waals surface area contributed by atoms with E-state index in [1.807, 2.05) is 48.5 Å². The van der Waals surface area contributed by atoms with Gasteiger partial charge in [-0.05, 0) is 61.3 Å². The first-order valence-corrected chi connectivity index (χ1v) is 13.0. The normalized spacial score (nSPS) is 28.6. The first kappa shape index (κ1) is 22.9. The summed E-state index contributed by atoms with van der Waals surface area (Å²) >= 11 is 0. The van der Waals surface area contributed by atoms with Crippen molar-refractivity contribution in [3.8, 4) is 5.75 Å². The van der Waals surface area contributed by atoms with Gasteiger partial charge in [-0.1, -0.05) is 49.1 Å². The van der Waals surface area contributed by atoms with Crippen molar-refractivity contribution >= 4 is 29.0 Å². The molecular formula is C31H27N3O4. The quantitative estimate of drug-likeness (QED) is 0.400. The van der Waals surface area contributed by atoms with Crippen LogP contribution in [-0.2, 0) is 20.5 Å². The maximum absolute atomic E-state index is 14.6. The number of fused-ring (bicyclic) bond motifs is 7. The van der Waals surface area contributed by atoms with E-state index in [0.717, 1.165) is 18.4 Å². The molecule has 38 heavy (non-hydrogen) atoms. The van der Waals surface area contributed by atoms with Gasteiger partial charge in [0.2, 0.25) is 5.91 Å². The Labute approximate surface area is 220 Å². The largest absolute Gasteiger partial charge is 0.490 e. The number of ether oxygens (including phenoxy) is 1. The van der Waals surface area contributed by atoms with E-state index in [9.17, 15) is 14.4 Å². The number of amides is 2. The number of hydrogen-bond donors (Lipinski definition) is 2. The highest BCUT2D eigenvalue weighted by molar-refractivity contribution is 6.21. The summed E-state index contributed by atoms with van der Waals surface area (Å²) in [5, 5.41) is 6.14. The Morgan fingerprint density at radius 3 is 2.34 bits per heavy atom. The van der Waals surface area contributed by atoms with Gasteiger partial charge in [0.1, 0.15) is 23.3 Å². The van der Waals surface area contributed by atoms with Crippen LogP contribution in [0.1, 0.15) is 34.3 Å². The van der Waals surface area contributed by atoms with Crippen molar-refractivity contribution in [3.05, 3.63) is 102 Å². The molecule has 4 aliphatic rings. The topological polar surface area (TPSA) is 87.7 Å². The van der Waals surface area contributed by atoms with Crippen molar-refractivity contribution in [3.63, 3.8) is 0 Å². The minimum absolute atomic E-state index is 0.141. The first-order valence-electron chi connectivity index (χ1n) is 13.0. The van der Waals surface area contributed by atoms with Gasteiger partial charge in [0.05, 0.1) is 5.92 Å². The fourth-order valence-corrected chi connectivity index (χ4v) is 7.58. The number of Topliss-reactive ketones (excluding diaryl/α,β-unsaturated/α-hetero) is 1. The molecule has 0 aromatic heterocycles. The zero-order chi connectivity index (χ0) is 26.1. The number of nitrogens with one attached hydrogen (secondary N) is 2. The molecule has 4 atom stereocenters. The lowest BCUT2D eigenvalue weighted by Crippen LogP contribution is -2.62. The van der Waals surface area contributed by atoms with E-state index in [1.54, 1.807) is 30.3 Å². The van der Waals surface area contributed by atoms with Crippen LogP contribution in [0.3, 0.4) is 0 Å². The molecule has 2 spiro atoms. The second-order valence-corrected chi connectivity index (χ2v) is 10.4. The highest BCUT2D eigenvalue weighted by Gasteiger charge is 2.81. The first-order chi connectivity index (χ1) is 18.5. The number of rotatable bonds is 5. The molecule has 7 heteroatoms. The molecule has 0 radical (unpaired) electrons. The fourth-order valence-electron chi connectivity index (χ4n) is 7.58. The summed E-state index contributed by atoms with van der Waals surface area (Å²) < 4.78 is 5.62. The fraction of sp³-hybridized carbons (Fsp3) is 0.258. The van der Waals surface area contributed by atoms with Crippen LogP contribution in [0.5, 0.6) is 5.75 Å². The third-order valence-corrected chi connectivity index (χ3v) is 8.79. The van der Waals surface area contributed by atoms with Gasteiger partial charge in [0, 0.05) is 28.5 Å². The Balaban J connectivity index is 1.49. The summed E-state index contributed by atoms with van der Waals surface area (Å²) in [5.74, 6) is -0.816. The van der Waals surface area contributed by atoms with Crippen LogP contribution in [-0.4, -0.2) is 41.7 Å². The zero-order valence-corrected chi connectivity index (χ0v) is 20.8. The molecule has 0 saturated carbocycles. The van der Waals surface area contributed by atoms with Crippen LogP contribution in [0.25, 0.3) is 0 Å². The van der Waals surface area contributed by atoms with Crippen LogP contribution in [0.15, 0.2) is 85.5 Å². The summed E-state index contributed by atoms with van der Waals surface area (Å²) in [6.07, 6.45) is 3.24. The van der Waals surface area contributed by atoms with Gasteiger partial charge in [-0.2, -0.15) is 0 Å². The Hall–Kier alpha value is -4.23. The van der Waals surface area contributed by atoms with Crippen molar-refractivity contribution < 1.29 is 19.1 Å². The number of para-hydroxylation sites is 2. The van der Waals surface area contributed by atoms with Crippen molar-refractivity contribution in [2.24, 2.45) is 5.92 Å². The number of benzene rings is 3. The molecule has 190 valence electrons. The van der Waals surface area contributed by atoms with E-state index in [-0.39, 0.29) is 23.6 Å². The van der Waals surface area contributed by atoms with E-state index < -0.39 is 16.9 Å². The molecule has 7 rings (SSSR count). The average molecular weight is 506 g/mol. The van der Waals surface area contributed by atoms with Crippen molar-refractivity contribution in [1.29, 1.82) is 0 Å². The molecule has 0 aliphatic carbocycles. The Morgan fingerprint density at radius 2 is 1.61 bits per heavy atom. The standard InChI is InChI=1S/C31H27N3O4/c1-2-18-38-20-15-13-19(14-16-20)27(35)26-25-12-7-17-34(25)31(22-9-4-6-11-24(22)33-29(31)37)30(26)21-8-3-5-10-23(21)32-28(30)36/h2-6,8-11,13-16,25-26H,1,7,12,17-18H2,(H,32,36)(H,33,37)/t25-,26-,30+,31-/m1/s1. The molecule has 0 bridgehead atoms.